The van der Waals surface area contributed by atoms with Crippen LogP contribution >= 0.6 is 11.3 Å². The Morgan fingerprint density at radius 1 is 1.11 bits per heavy atom. The van der Waals surface area contributed by atoms with Gasteiger partial charge in [0.15, 0.2) is 5.13 Å². The van der Waals surface area contributed by atoms with Crippen molar-refractivity contribution in [1.82, 2.24) is 4.98 Å². The summed E-state index contributed by atoms with van der Waals surface area (Å²) in [7, 11) is 1.53. The minimum atomic E-state index is -0.413. The number of hydrogen-bond donors (Lipinski definition) is 2. The number of para-hydroxylation sites is 2. The highest BCUT2D eigenvalue weighted by Gasteiger charge is 2.12. The van der Waals surface area contributed by atoms with Crippen LogP contribution in [-0.2, 0) is 11.2 Å². The lowest BCUT2D eigenvalue weighted by molar-refractivity contribution is -0.115. The second-order valence-corrected chi connectivity index (χ2v) is 6.39. The number of nitrogens with one attached hydrogen (secondary N) is 2. The van der Waals surface area contributed by atoms with Crippen LogP contribution in [-0.4, -0.2) is 23.9 Å². The van der Waals surface area contributed by atoms with E-state index in [-0.39, 0.29) is 12.3 Å². The summed E-state index contributed by atoms with van der Waals surface area (Å²) in [6.07, 6.45) is 0.0565. The van der Waals surface area contributed by atoms with Crippen LogP contribution in [0.2, 0.25) is 0 Å². The lowest BCUT2D eigenvalue weighted by Crippen LogP contribution is -2.15. The van der Waals surface area contributed by atoms with E-state index in [4.69, 9.17) is 4.74 Å². The van der Waals surface area contributed by atoms with Crippen molar-refractivity contribution in [2.24, 2.45) is 0 Å². The van der Waals surface area contributed by atoms with Crippen molar-refractivity contribution in [2.45, 2.75) is 6.42 Å². The molecule has 0 bridgehead atoms. The maximum absolute atomic E-state index is 12.9. The summed E-state index contributed by atoms with van der Waals surface area (Å²) in [6.45, 7) is 0. The molecule has 0 saturated carbocycles. The average molecular weight is 385 g/mol. The topological polar surface area (TPSA) is 80.3 Å². The van der Waals surface area contributed by atoms with Gasteiger partial charge < -0.3 is 10.1 Å². The summed E-state index contributed by atoms with van der Waals surface area (Å²) in [4.78, 5) is 28.6. The number of rotatable bonds is 6. The van der Waals surface area contributed by atoms with E-state index in [1.165, 1.54) is 42.7 Å². The molecule has 0 atom stereocenters. The normalized spacial score (nSPS) is 10.3. The number of benzene rings is 2. The van der Waals surface area contributed by atoms with E-state index in [0.717, 1.165) is 0 Å². The smallest absolute Gasteiger partial charge is 0.257 e. The van der Waals surface area contributed by atoms with Gasteiger partial charge in [0.05, 0.1) is 24.9 Å². The zero-order chi connectivity index (χ0) is 19.2. The van der Waals surface area contributed by atoms with Gasteiger partial charge in [0, 0.05) is 10.9 Å². The van der Waals surface area contributed by atoms with Crippen LogP contribution in [0, 0.1) is 5.82 Å². The molecule has 8 heteroatoms. The van der Waals surface area contributed by atoms with Gasteiger partial charge in [0.1, 0.15) is 11.6 Å². The van der Waals surface area contributed by atoms with Gasteiger partial charge in [-0.2, -0.15) is 0 Å². The molecular weight excluding hydrogens is 369 g/mol. The summed E-state index contributed by atoms with van der Waals surface area (Å²) < 4.78 is 18.1. The van der Waals surface area contributed by atoms with E-state index in [1.54, 1.807) is 23.6 Å². The summed E-state index contributed by atoms with van der Waals surface area (Å²) in [6, 6.07) is 12.3. The molecule has 0 aliphatic carbocycles. The molecule has 0 unspecified atom stereocenters. The molecular formula is C19H16FN3O3S. The van der Waals surface area contributed by atoms with Crippen LogP contribution in [0.15, 0.2) is 53.9 Å². The Bertz CT molecular complexity index is 957. The summed E-state index contributed by atoms with van der Waals surface area (Å²) in [5.74, 6) is -0.490. The maximum atomic E-state index is 12.9. The Balaban J connectivity index is 1.59. The highest BCUT2D eigenvalue weighted by atomic mass is 32.1. The number of hydrogen-bond acceptors (Lipinski definition) is 5. The number of halogens is 1. The van der Waals surface area contributed by atoms with Crippen LogP contribution in [0.5, 0.6) is 5.75 Å². The highest BCUT2D eigenvalue weighted by Crippen LogP contribution is 2.23. The van der Waals surface area contributed by atoms with E-state index < -0.39 is 11.7 Å². The van der Waals surface area contributed by atoms with Crippen LogP contribution in [0.4, 0.5) is 15.2 Å². The molecule has 2 aromatic carbocycles. The monoisotopic (exact) mass is 385 g/mol. The third-order valence-electron chi connectivity index (χ3n) is 3.60. The number of aromatic nitrogens is 1. The van der Waals surface area contributed by atoms with Gasteiger partial charge in [-0.05, 0) is 36.4 Å². The fourth-order valence-electron chi connectivity index (χ4n) is 2.32. The molecule has 0 aliphatic heterocycles. The number of carbonyl (C=O) groups is 2. The molecule has 6 nitrogen and oxygen atoms in total. The lowest BCUT2D eigenvalue weighted by atomic mass is 10.2. The van der Waals surface area contributed by atoms with Gasteiger partial charge in [-0.15, -0.1) is 11.3 Å². The molecule has 0 fully saturated rings. The van der Waals surface area contributed by atoms with Gasteiger partial charge in [0.25, 0.3) is 5.91 Å². The molecule has 2 N–H and O–H groups in total. The van der Waals surface area contributed by atoms with Crippen LogP contribution in [0.1, 0.15) is 16.1 Å². The second kappa shape index (κ2) is 8.41. The number of thiazole rings is 1. The van der Waals surface area contributed by atoms with Crippen molar-refractivity contribution in [3.8, 4) is 5.75 Å². The second-order valence-electron chi connectivity index (χ2n) is 5.53. The Labute approximate surface area is 159 Å². The largest absolute Gasteiger partial charge is 0.495 e. The predicted octanol–water partition coefficient (Wildman–Crippen LogP) is 3.72. The first-order chi connectivity index (χ1) is 13.0. The molecule has 0 spiro atoms. The number of methoxy groups -OCH3 is 1. The summed E-state index contributed by atoms with van der Waals surface area (Å²) >= 11 is 1.21. The Hall–Kier alpha value is -3.26. The van der Waals surface area contributed by atoms with Gasteiger partial charge in [0.2, 0.25) is 5.91 Å². The molecule has 1 heterocycles. The van der Waals surface area contributed by atoms with E-state index in [1.807, 2.05) is 6.07 Å². The zero-order valence-corrected chi connectivity index (χ0v) is 15.2. The average Bonchev–Trinajstić information content (AvgIpc) is 3.09. The third-order valence-corrected chi connectivity index (χ3v) is 4.41. The van der Waals surface area contributed by atoms with Gasteiger partial charge in [-0.1, -0.05) is 12.1 Å². The summed E-state index contributed by atoms with van der Waals surface area (Å²) in [5, 5.41) is 7.46. The third kappa shape index (κ3) is 4.89. The van der Waals surface area contributed by atoms with E-state index >= 15 is 0 Å². The van der Waals surface area contributed by atoms with Crippen LogP contribution in [0.25, 0.3) is 0 Å². The van der Waals surface area contributed by atoms with Crippen molar-refractivity contribution in [1.29, 1.82) is 0 Å². The van der Waals surface area contributed by atoms with Crippen molar-refractivity contribution >= 4 is 34.0 Å². The van der Waals surface area contributed by atoms with Crippen LogP contribution < -0.4 is 15.4 Å². The molecule has 3 aromatic rings. The number of ether oxygens (including phenoxy) is 1. The molecule has 3 rings (SSSR count). The van der Waals surface area contributed by atoms with Crippen molar-refractivity contribution in [2.75, 3.05) is 17.7 Å². The molecule has 138 valence electrons. The van der Waals surface area contributed by atoms with Crippen molar-refractivity contribution < 1.29 is 18.7 Å². The first-order valence-electron chi connectivity index (χ1n) is 7.99. The SMILES string of the molecule is COc1ccccc1NC(=O)Cc1csc(NC(=O)c2ccc(F)cc2)n1. The molecule has 0 aliphatic rings. The quantitative estimate of drug-likeness (QED) is 0.678. The van der Waals surface area contributed by atoms with Gasteiger partial charge >= 0.3 is 0 Å². The van der Waals surface area contributed by atoms with Crippen molar-refractivity contribution in [3.63, 3.8) is 0 Å². The molecule has 2 amide bonds. The van der Waals surface area contributed by atoms with E-state index in [0.29, 0.717) is 27.8 Å². The maximum Gasteiger partial charge on any atom is 0.257 e. The number of nitrogens with zero attached hydrogens (tertiary/aromatic N) is 1. The minimum absolute atomic E-state index is 0.0565. The standard InChI is InChI=1S/C19H16FN3O3S/c1-26-16-5-3-2-4-15(16)22-17(24)10-14-11-27-19(21-14)23-18(25)12-6-8-13(20)9-7-12/h2-9,11H,10H2,1H3,(H,22,24)(H,21,23,25). The summed E-state index contributed by atoms with van der Waals surface area (Å²) in [5.41, 5.74) is 1.42. The van der Waals surface area contributed by atoms with E-state index in [2.05, 4.69) is 15.6 Å². The Kier molecular flexibility index (Phi) is 5.77. The minimum Gasteiger partial charge on any atom is -0.495 e. The fraction of sp³-hybridized carbons (Fsp3) is 0.105. The highest BCUT2D eigenvalue weighted by molar-refractivity contribution is 7.14. The predicted molar refractivity (Wildman–Crippen MR) is 102 cm³/mol. The number of carbonyl (C=O) groups excluding carboxylic acids is 2. The van der Waals surface area contributed by atoms with Gasteiger partial charge in [-0.25, -0.2) is 9.37 Å². The Morgan fingerprint density at radius 2 is 1.85 bits per heavy atom. The first kappa shape index (κ1) is 18.5. The van der Waals surface area contributed by atoms with E-state index in [9.17, 15) is 14.0 Å². The molecule has 27 heavy (non-hydrogen) atoms. The lowest BCUT2D eigenvalue weighted by Gasteiger charge is -2.09. The van der Waals surface area contributed by atoms with Gasteiger partial charge in [-0.3, -0.25) is 14.9 Å². The zero-order valence-electron chi connectivity index (χ0n) is 14.4. The van der Waals surface area contributed by atoms with Crippen LogP contribution in [0.3, 0.4) is 0 Å². The molecule has 0 saturated heterocycles. The molecule has 0 radical (unpaired) electrons. The Morgan fingerprint density at radius 3 is 2.59 bits per heavy atom. The number of amides is 2. The first-order valence-corrected chi connectivity index (χ1v) is 8.87. The molecule has 1 aromatic heterocycles. The fourth-order valence-corrected chi connectivity index (χ4v) is 3.03. The van der Waals surface area contributed by atoms with Crippen molar-refractivity contribution in [3.05, 3.63) is 71.0 Å². The number of anilines is 2.